The first kappa shape index (κ1) is 15.3. The SMILES string of the molecule is CN(CN1CC2CCC1CN2C(C)(C)C)C(C)(C)C. The maximum absolute atomic E-state index is 2.73. The summed E-state index contributed by atoms with van der Waals surface area (Å²) in [5.74, 6) is 0. The fourth-order valence-electron chi connectivity index (χ4n) is 3.40. The average molecular weight is 267 g/mol. The molecule has 0 spiro atoms. The maximum Gasteiger partial charge on any atom is 0.0512 e. The van der Waals surface area contributed by atoms with E-state index in [1.54, 1.807) is 0 Å². The molecule has 0 amide bonds. The van der Waals surface area contributed by atoms with Crippen LogP contribution in [0.25, 0.3) is 0 Å². The zero-order valence-electron chi connectivity index (χ0n) is 14.0. The van der Waals surface area contributed by atoms with Crippen LogP contribution in [0.5, 0.6) is 0 Å². The Morgan fingerprint density at radius 1 is 0.947 bits per heavy atom. The molecule has 3 aliphatic rings. The summed E-state index contributed by atoms with van der Waals surface area (Å²) in [6, 6.07) is 1.52. The number of nitrogens with zero attached hydrogens (tertiary/aromatic N) is 3. The molecule has 0 aromatic heterocycles. The third-order valence-corrected chi connectivity index (χ3v) is 5.04. The van der Waals surface area contributed by atoms with Gasteiger partial charge >= 0.3 is 0 Å². The van der Waals surface area contributed by atoms with E-state index in [1.165, 1.54) is 25.9 Å². The lowest BCUT2D eigenvalue weighted by Gasteiger charge is -2.57. The second kappa shape index (κ2) is 5.01. The molecule has 0 saturated carbocycles. The van der Waals surface area contributed by atoms with E-state index in [0.717, 1.165) is 18.8 Å². The predicted molar refractivity (Wildman–Crippen MR) is 82.4 cm³/mol. The van der Waals surface area contributed by atoms with E-state index >= 15 is 0 Å². The molecular weight excluding hydrogens is 234 g/mol. The normalized spacial score (nSPS) is 30.3. The molecule has 3 rings (SSSR count). The van der Waals surface area contributed by atoms with Gasteiger partial charge in [0.05, 0.1) is 6.67 Å². The van der Waals surface area contributed by atoms with Gasteiger partial charge in [-0.2, -0.15) is 0 Å². The smallest absolute Gasteiger partial charge is 0.0512 e. The van der Waals surface area contributed by atoms with Crippen molar-refractivity contribution >= 4 is 0 Å². The summed E-state index contributed by atoms with van der Waals surface area (Å²) in [6.45, 7) is 17.6. The van der Waals surface area contributed by atoms with E-state index in [0.29, 0.717) is 5.54 Å². The largest absolute Gasteiger partial charge is 0.293 e. The molecule has 3 heteroatoms. The van der Waals surface area contributed by atoms with E-state index in [2.05, 4.69) is 63.3 Å². The van der Waals surface area contributed by atoms with Crippen molar-refractivity contribution in [3.8, 4) is 0 Å². The van der Waals surface area contributed by atoms with Crippen LogP contribution in [0, 0.1) is 0 Å². The molecule has 3 saturated heterocycles. The third-order valence-electron chi connectivity index (χ3n) is 5.04. The summed E-state index contributed by atoms with van der Waals surface area (Å²) < 4.78 is 0. The Bertz CT molecular complexity index is 313. The Labute approximate surface area is 119 Å². The van der Waals surface area contributed by atoms with Crippen LogP contribution in [0.4, 0.5) is 0 Å². The molecule has 2 bridgehead atoms. The predicted octanol–water partition coefficient (Wildman–Crippen LogP) is 2.62. The van der Waals surface area contributed by atoms with Gasteiger partial charge in [-0.15, -0.1) is 0 Å². The standard InChI is InChI=1S/C16H33N3/c1-15(2,3)17(7)12-18-10-14-9-8-13(18)11-19(14)16(4,5)6/h13-14H,8-12H2,1-7H3. The van der Waals surface area contributed by atoms with Crippen molar-refractivity contribution in [3.63, 3.8) is 0 Å². The minimum atomic E-state index is 0.264. The minimum Gasteiger partial charge on any atom is -0.293 e. The van der Waals surface area contributed by atoms with Crippen molar-refractivity contribution in [3.05, 3.63) is 0 Å². The van der Waals surface area contributed by atoms with E-state index in [1.807, 2.05) is 0 Å². The molecule has 3 nitrogen and oxygen atoms in total. The summed E-state index contributed by atoms with van der Waals surface area (Å²) in [4.78, 5) is 7.92. The number of piperazine rings is 1. The van der Waals surface area contributed by atoms with Gasteiger partial charge in [0.25, 0.3) is 0 Å². The fourth-order valence-corrected chi connectivity index (χ4v) is 3.40. The lowest BCUT2D eigenvalue weighted by Crippen LogP contribution is -2.68. The van der Waals surface area contributed by atoms with Gasteiger partial charge in [0, 0.05) is 36.3 Å². The summed E-state index contributed by atoms with van der Waals surface area (Å²) in [7, 11) is 2.25. The molecule has 3 heterocycles. The molecule has 2 atom stereocenters. The van der Waals surface area contributed by atoms with E-state index in [9.17, 15) is 0 Å². The summed E-state index contributed by atoms with van der Waals surface area (Å²) >= 11 is 0. The Morgan fingerprint density at radius 2 is 1.53 bits per heavy atom. The first-order valence-corrected chi connectivity index (χ1v) is 7.81. The Balaban J connectivity index is 1.99. The average Bonchev–Trinajstić information content (AvgIpc) is 2.27. The quantitative estimate of drug-likeness (QED) is 0.761. The van der Waals surface area contributed by atoms with Crippen LogP contribution in [-0.2, 0) is 0 Å². The highest BCUT2D eigenvalue weighted by molar-refractivity contribution is 4.99. The van der Waals surface area contributed by atoms with Crippen LogP contribution >= 0.6 is 0 Å². The van der Waals surface area contributed by atoms with Crippen molar-refractivity contribution in [1.29, 1.82) is 0 Å². The zero-order valence-corrected chi connectivity index (χ0v) is 14.0. The van der Waals surface area contributed by atoms with Crippen LogP contribution < -0.4 is 0 Å². The minimum absolute atomic E-state index is 0.264. The highest BCUT2D eigenvalue weighted by atomic mass is 15.4. The van der Waals surface area contributed by atoms with Crippen LogP contribution in [0.2, 0.25) is 0 Å². The maximum atomic E-state index is 2.73. The van der Waals surface area contributed by atoms with E-state index in [4.69, 9.17) is 0 Å². The highest BCUT2D eigenvalue weighted by Crippen LogP contribution is 2.33. The molecule has 112 valence electrons. The zero-order chi connectivity index (χ0) is 14.4. The summed E-state index contributed by atoms with van der Waals surface area (Å²) in [5, 5.41) is 0. The molecule has 0 N–H and O–H groups in total. The Kier molecular flexibility index (Phi) is 4.03. The second-order valence-electron chi connectivity index (χ2n) is 8.49. The molecule has 3 aliphatic heterocycles. The number of hydrogen-bond donors (Lipinski definition) is 0. The molecule has 2 unspecified atom stereocenters. The van der Waals surface area contributed by atoms with E-state index in [-0.39, 0.29) is 5.54 Å². The lowest BCUT2D eigenvalue weighted by atomic mass is 9.87. The first-order chi connectivity index (χ1) is 8.59. The van der Waals surface area contributed by atoms with Gasteiger partial charge in [0.2, 0.25) is 0 Å². The number of rotatable bonds is 2. The molecule has 0 aromatic rings. The van der Waals surface area contributed by atoms with Gasteiger partial charge in [0.1, 0.15) is 0 Å². The molecule has 0 aromatic carbocycles. The van der Waals surface area contributed by atoms with Gasteiger partial charge in [-0.25, -0.2) is 0 Å². The summed E-state index contributed by atoms with van der Waals surface area (Å²) in [6.07, 6.45) is 2.77. The number of piperidine rings is 2. The topological polar surface area (TPSA) is 9.72 Å². The van der Waals surface area contributed by atoms with Crippen LogP contribution in [0.1, 0.15) is 54.4 Å². The number of hydrogen-bond acceptors (Lipinski definition) is 3. The third kappa shape index (κ3) is 3.32. The van der Waals surface area contributed by atoms with Crippen LogP contribution in [-0.4, -0.2) is 64.7 Å². The lowest BCUT2D eigenvalue weighted by molar-refractivity contribution is -0.0854. The van der Waals surface area contributed by atoms with Crippen molar-refractivity contribution in [2.45, 2.75) is 77.5 Å². The Hall–Kier alpha value is -0.120. The summed E-state index contributed by atoms with van der Waals surface area (Å²) in [5.41, 5.74) is 0.589. The Morgan fingerprint density at radius 3 is 1.95 bits per heavy atom. The highest BCUT2D eigenvalue weighted by Gasteiger charge is 2.43. The van der Waals surface area contributed by atoms with Crippen LogP contribution in [0.15, 0.2) is 0 Å². The number of fused-ring (bicyclic) bond motifs is 3. The van der Waals surface area contributed by atoms with Gasteiger partial charge in [-0.1, -0.05) is 0 Å². The van der Waals surface area contributed by atoms with Crippen molar-refractivity contribution in [2.75, 3.05) is 26.8 Å². The molecule has 0 radical (unpaired) electrons. The monoisotopic (exact) mass is 267 g/mol. The van der Waals surface area contributed by atoms with Gasteiger partial charge in [-0.3, -0.25) is 14.7 Å². The molecule has 3 fully saturated rings. The van der Waals surface area contributed by atoms with Gasteiger partial charge in [0.15, 0.2) is 0 Å². The van der Waals surface area contributed by atoms with Gasteiger partial charge < -0.3 is 0 Å². The molecular formula is C16H33N3. The second-order valence-corrected chi connectivity index (χ2v) is 8.49. The van der Waals surface area contributed by atoms with Crippen molar-refractivity contribution in [2.24, 2.45) is 0 Å². The molecule has 0 aliphatic carbocycles. The molecule has 19 heavy (non-hydrogen) atoms. The van der Waals surface area contributed by atoms with Crippen LogP contribution in [0.3, 0.4) is 0 Å². The first-order valence-electron chi connectivity index (χ1n) is 7.81. The van der Waals surface area contributed by atoms with Gasteiger partial charge in [-0.05, 0) is 61.4 Å². The van der Waals surface area contributed by atoms with Crippen molar-refractivity contribution < 1.29 is 0 Å². The van der Waals surface area contributed by atoms with Crippen molar-refractivity contribution in [1.82, 2.24) is 14.7 Å². The fraction of sp³-hybridized carbons (Fsp3) is 1.00. The van der Waals surface area contributed by atoms with E-state index < -0.39 is 0 Å².